The largest absolute Gasteiger partial charge is 0.285 e. The molecule has 0 saturated carbocycles. The first-order valence-corrected chi connectivity index (χ1v) is 9.47. The van der Waals surface area contributed by atoms with Gasteiger partial charge in [0.1, 0.15) is 0 Å². The third-order valence-corrected chi connectivity index (χ3v) is 4.67. The van der Waals surface area contributed by atoms with Crippen LogP contribution in [0.15, 0.2) is 12.7 Å². The third-order valence-electron chi connectivity index (χ3n) is 3.26. The second-order valence-electron chi connectivity index (χ2n) is 5.22. The molecule has 3 nitrogen and oxygen atoms in total. The lowest BCUT2D eigenvalue weighted by Crippen LogP contribution is -2.19. The van der Waals surface area contributed by atoms with Crippen LogP contribution in [0.25, 0.3) is 0 Å². The van der Waals surface area contributed by atoms with Gasteiger partial charge in [0.05, 0.1) is 5.25 Å². The van der Waals surface area contributed by atoms with Crippen LogP contribution >= 0.6 is 0 Å². The summed E-state index contributed by atoms with van der Waals surface area (Å²) in [5, 5.41) is -0.553. The van der Waals surface area contributed by atoms with Gasteiger partial charge in [0.2, 0.25) is 0 Å². The molecule has 0 aliphatic heterocycles. The van der Waals surface area contributed by atoms with Gasteiger partial charge in [-0.25, -0.2) is 0 Å². The van der Waals surface area contributed by atoms with Gasteiger partial charge in [0.15, 0.2) is 0 Å². The summed E-state index contributed by atoms with van der Waals surface area (Å²) in [5.41, 5.74) is 0. The Morgan fingerprint density at radius 1 is 1.00 bits per heavy atom. The van der Waals surface area contributed by atoms with Crippen molar-refractivity contribution in [3.63, 3.8) is 0 Å². The zero-order valence-electron chi connectivity index (χ0n) is 13.6. The number of unbranched alkanes of at least 4 members (excludes halogenated alkanes) is 7. The summed E-state index contributed by atoms with van der Waals surface area (Å²) in [5.74, 6) is 0. The van der Waals surface area contributed by atoms with Crippen LogP contribution in [0, 0.1) is 0 Å². The van der Waals surface area contributed by atoms with Gasteiger partial charge in [-0.15, -0.1) is 6.58 Å². The smallest absolute Gasteiger partial charge is 0.267 e. The van der Waals surface area contributed by atoms with E-state index in [-0.39, 0.29) is 0 Å². The fourth-order valence-corrected chi connectivity index (χ4v) is 2.96. The summed E-state index contributed by atoms with van der Waals surface area (Å²) >= 11 is 0. The van der Waals surface area contributed by atoms with Crippen molar-refractivity contribution in [2.24, 2.45) is 0 Å². The highest BCUT2D eigenvalue weighted by Crippen LogP contribution is 2.15. The minimum atomic E-state index is -3.82. The number of hydrogen-bond acceptors (Lipinski definition) is 2. The average Bonchev–Trinajstić information content (AvgIpc) is 2.36. The average molecular weight is 307 g/mol. The molecule has 0 fully saturated rings. The van der Waals surface area contributed by atoms with Crippen molar-refractivity contribution in [1.29, 1.82) is 0 Å². The van der Waals surface area contributed by atoms with Gasteiger partial charge in [-0.1, -0.05) is 71.3 Å². The van der Waals surface area contributed by atoms with Gasteiger partial charge in [-0.2, -0.15) is 8.42 Å². The summed E-state index contributed by atoms with van der Waals surface area (Å²) in [4.78, 5) is 0. The first kappa shape index (κ1) is 21.9. The predicted octanol–water partition coefficient (Wildman–Crippen LogP) is 5.38. The molecule has 0 amide bonds. The maximum absolute atomic E-state index is 11.0. The number of rotatable bonds is 11. The van der Waals surface area contributed by atoms with E-state index in [1.807, 2.05) is 13.8 Å². The van der Waals surface area contributed by atoms with E-state index in [0.29, 0.717) is 12.8 Å². The second kappa shape index (κ2) is 15.0. The van der Waals surface area contributed by atoms with Crippen LogP contribution in [0.4, 0.5) is 0 Å². The van der Waals surface area contributed by atoms with Crippen molar-refractivity contribution < 1.29 is 13.0 Å². The fraction of sp³-hybridized carbons (Fsp3) is 0.875. The monoisotopic (exact) mass is 306 g/mol. The van der Waals surface area contributed by atoms with Gasteiger partial charge in [0.25, 0.3) is 10.1 Å². The van der Waals surface area contributed by atoms with Crippen LogP contribution in [0.3, 0.4) is 0 Å². The molecule has 122 valence electrons. The quantitative estimate of drug-likeness (QED) is 0.317. The molecule has 0 aromatic rings. The molecule has 0 heterocycles. The normalized spacial score (nSPS) is 12.4. The molecular weight excluding hydrogens is 272 g/mol. The van der Waals surface area contributed by atoms with Crippen molar-refractivity contribution in [1.82, 2.24) is 0 Å². The molecule has 1 atom stereocenters. The van der Waals surface area contributed by atoms with Gasteiger partial charge < -0.3 is 0 Å². The molecule has 4 heteroatoms. The lowest BCUT2D eigenvalue weighted by Gasteiger charge is -2.10. The van der Waals surface area contributed by atoms with Crippen LogP contribution in [0.1, 0.15) is 85.0 Å². The first-order chi connectivity index (χ1) is 9.43. The maximum atomic E-state index is 11.0. The fourth-order valence-electron chi connectivity index (χ4n) is 2.07. The van der Waals surface area contributed by atoms with Crippen molar-refractivity contribution in [2.45, 2.75) is 90.2 Å². The van der Waals surface area contributed by atoms with Crippen LogP contribution in [-0.2, 0) is 10.1 Å². The summed E-state index contributed by atoms with van der Waals surface area (Å²) < 4.78 is 30.9. The van der Waals surface area contributed by atoms with Crippen LogP contribution in [0.5, 0.6) is 0 Å². The van der Waals surface area contributed by atoms with Gasteiger partial charge >= 0.3 is 0 Å². The molecule has 0 aromatic heterocycles. The zero-order valence-corrected chi connectivity index (χ0v) is 14.4. The van der Waals surface area contributed by atoms with E-state index in [0.717, 1.165) is 12.8 Å². The van der Waals surface area contributed by atoms with E-state index in [1.54, 1.807) is 6.08 Å². The Kier molecular flexibility index (Phi) is 16.5. The molecule has 0 aliphatic carbocycles. The van der Waals surface area contributed by atoms with Crippen molar-refractivity contribution in [3.8, 4) is 0 Å². The van der Waals surface area contributed by atoms with Crippen molar-refractivity contribution >= 4 is 10.1 Å². The SMILES string of the molecule is C=CC.CCCCCCCCCCC(CC)S(=O)(=O)O. The molecule has 1 unspecified atom stereocenters. The molecule has 0 spiro atoms. The lowest BCUT2D eigenvalue weighted by atomic mass is 10.1. The van der Waals surface area contributed by atoms with Gasteiger partial charge in [0, 0.05) is 0 Å². The topological polar surface area (TPSA) is 54.4 Å². The molecule has 0 saturated heterocycles. The molecule has 0 rings (SSSR count). The summed E-state index contributed by atoms with van der Waals surface area (Å²) in [6.07, 6.45) is 12.5. The Labute approximate surface area is 126 Å². The second-order valence-corrected chi connectivity index (χ2v) is 6.91. The molecular formula is C16H34O3S. The molecule has 0 aliphatic rings. The molecule has 0 bridgehead atoms. The van der Waals surface area contributed by atoms with E-state index in [2.05, 4.69) is 13.5 Å². The summed E-state index contributed by atoms with van der Waals surface area (Å²) in [7, 11) is -3.82. The van der Waals surface area contributed by atoms with Crippen LogP contribution < -0.4 is 0 Å². The summed E-state index contributed by atoms with van der Waals surface area (Å²) in [6, 6.07) is 0. The minimum Gasteiger partial charge on any atom is -0.285 e. The Morgan fingerprint density at radius 2 is 1.40 bits per heavy atom. The highest BCUT2D eigenvalue weighted by Gasteiger charge is 2.19. The van der Waals surface area contributed by atoms with E-state index in [9.17, 15) is 8.42 Å². The highest BCUT2D eigenvalue weighted by molar-refractivity contribution is 7.86. The Balaban J connectivity index is 0. The van der Waals surface area contributed by atoms with Crippen molar-refractivity contribution in [3.05, 3.63) is 12.7 Å². The van der Waals surface area contributed by atoms with E-state index in [4.69, 9.17) is 4.55 Å². The first-order valence-electron chi connectivity index (χ1n) is 7.97. The predicted molar refractivity (Wildman–Crippen MR) is 88.7 cm³/mol. The molecule has 0 aromatic carbocycles. The Hall–Kier alpha value is -0.350. The Morgan fingerprint density at radius 3 is 1.75 bits per heavy atom. The van der Waals surface area contributed by atoms with Gasteiger partial charge in [-0.3, -0.25) is 4.55 Å². The lowest BCUT2D eigenvalue weighted by molar-refractivity contribution is 0.452. The van der Waals surface area contributed by atoms with E-state index in [1.165, 1.54) is 38.5 Å². The molecule has 0 radical (unpaired) electrons. The zero-order chi connectivity index (χ0) is 15.9. The van der Waals surface area contributed by atoms with Crippen LogP contribution in [-0.4, -0.2) is 18.2 Å². The van der Waals surface area contributed by atoms with Gasteiger partial charge in [-0.05, 0) is 19.8 Å². The van der Waals surface area contributed by atoms with E-state index >= 15 is 0 Å². The highest BCUT2D eigenvalue weighted by atomic mass is 32.2. The van der Waals surface area contributed by atoms with Crippen molar-refractivity contribution in [2.75, 3.05) is 0 Å². The number of allylic oxidation sites excluding steroid dienone is 1. The molecule has 20 heavy (non-hydrogen) atoms. The maximum Gasteiger partial charge on any atom is 0.267 e. The number of hydrogen-bond donors (Lipinski definition) is 1. The molecule has 1 N–H and O–H groups in total. The minimum absolute atomic E-state index is 0.509. The Bertz CT molecular complexity index is 297. The standard InChI is InChI=1S/C13H28O3S.C3H6/c1-3-5-6-7-8-9-10-11-12-13(4-2)17(14,15)16;1-3-2/h13H,3-12H2,1-2H3,(H,14,15,16);3H,1H2,2H3. The third kappa shape index (κ3) is 15.7. The van der Waals surface area contributed by atoms with E-state index < -0.39 is 15.4 Å². The van der Waals surface area contributed by atoms with Crippen LogP contribution in [0.2, 0.25) is 0 Å². The summed E-state index contributed by atoms with van der Waals surface area (Å²) in [6.45, 7) is 9.27.